The molecule has 1 aliphatic rings. The molecule has 0 spiro atoms. The summed E-state index contributed by atoms with van der Waals surface area (Å²) in [5.74, 6) is -0.470. The average Bonchev–Trinajstić information content (AvgIpc) is 3.73. The van der Waals surface area contributed by atoms with Crippen molar-refractivity contribution in [3.8, 4) is 11.5 Å². The molecule has 3 heterocycles. The van der Waals surface area contributed by atoms with E-state index in [1.807, 2.05) is 0 Å². The number of Topliss-reactive ketones (excluding diaryl/α,β-unsaturated/α-hetero) is 1. The molecule has 1 atom stereocenters. The first-order valence-electron chi connectivity index (χ1n) is 13.7. The minimum Gasteiger partial charge on any atom is -0.503 e. The highest BCUT2D eigenvalue weighted by molar-refractivity contribution is 8.00. The van der Waals surface area contributed by atoms with Gasteiger partial charge in [-0.15, -0.1) is 10.2 Å². The zero-order valence-corrected chi connectivity index (χ0v) is 25.5. The molecule has 2 aromatic heterocycles. The summed E-state index contributed by atoms with van der Waals surface area (Å²) in [5.41, 5.74) is 1.24. The van der Waals surface area contributed by atoms with Gasteiger partial charge in [-0.1, -0.05) is 61.1 Å². The van der Waals surface area contributed by atoms with Crippen molar-refractivity contribution in [2.45, 2.75) is 49.2 Å². The van der Waals surface area contributed by atoms with Gasteiger partial charge in [0.05, 0.1) is 25.3 Å². The number of rotatable bonds is 13. The van der Waals surface area contributed by atoms with Crippen LogP contribution in [0.3, 0.4) is 0 Å². The van der Waals surface area contributed by atoms with Gasteiger partial charge in [0.1, 0.15) is 11.6 Å². The Labute approximate surface area is 256 Å². The summed E-state index contributed by atoms with van der Waals surface area (Å²) in [4.78, 5) is 28.5. The summed E-state index contributed by atoms with van der Waals surface area (Å²) < 4.78 is 30.9. The van der Waals surface area contributed by atoms with Crippen molar-refractivity contribution < 1.29 is 33.0 Å². The van der Waals surface area contributed by atoms with Crippen LogP contribution in [-0.4, -0.2) is 40.7 Å². The maximum Gasteiger partial charge on any atom is 0.296 e. The number of carbonyl (C=O) groups is 2. The van der Waals surface area contributed by atoms with Gasteiger partial charge in [0, 0.05) is 5.75 Å². The van der Waals surface area contributed by atoms with Crippen LogP contribution in [-0.2, 0) is 10.5 Å². The van der Waals surface area contributed by atoms with Crippen LogP contribution in [0.25, 0.3) is 0 Å². The lowest BCUT2D eigenvalue weighted by atomic mass is 9.95. The molecule has 9 nitrogen and oxygen atoms in total. The number of furan rings is 1. The predicted molar refractivity (Wildman–Crippen MR) is 162 cm³/mol. The Bertz CT molecular complexity index is 1650. The summed E-state index contributed by atoms with van der Waals surface area (Å²) in [5, 5.41) is 19.7. The molecule has 43 heavy (non-hydrogen) atoms. The first-order chi connectivity index (χ1) is 20.8. The van der Waals surface area contributed by atoms with E-state index in [4.69, 9.17) is 13.9 Å². The molecule has 1 amide bonds. The van der Waals surface area contributed by atoms with Crippen molar-refractivity contribution in [3.05, 3.63) is 94.4 Å². The van der Waals surface area contributed by atoms with Crippen molar-refractivity contribution in [3.63, 3.8) is 0 Å². The number of aryl methyl sites for hydroxylation is 1. The molecule has 5 rings (SSSR count). The second-order valence-electron chi connectivity index (χ2n) is 9.81. The summed E-state index contributed by atoms with van der Waals surface area (Å²) in [7, 11) is 1.51. The van der Waals surface area contributed by atoms with E-state index in [1.165, 1.54) is 42.0 Å². The van der Waals surface area contributed by atoms with Crippen LogP contribution < -0.4 is 14.4 Å². The van der Waals surface area contributed by atoms with E-state index < -0.39 is 23.5 Å². The smallest absolute Gasteiger partial charge is 0.296 e. The van der Waals surface area contributed by atoms with Crippen LogP contribution in [0.1, 0.15) is 59.7 Å². The first-order valence-corrected chi connectivity index (χ1v) is 15.5. The third-order valence-electron chi connectivity index (χ3n) is 6.80. The Balaban J connectivity index is 1.49. The number of aliphatic hydroxyl groups excluding tert-OH is 1. The SMILES string of the molecule is CCCCCOc1ccc(C2C(C(=O)c3ccc(C)o3)=C(O)C(=O)N2c2nnc(SCc3ccc(F)cc3)s2)cc1OC. The molecule has 0 bridgehead atoms. The molecule has 0 radical (unpaired) electrons. The van der Waals surface area contributed by atoms with E-state index in [2.05, 4.69) is 17.1 Å². The number of unbranched alkanes of at least 4 members (excludes halogenated alkanes) is 2. The van der Waals surface area contributed by atoms with Crippen molar-refractivity contribution in [2.75, 3.05) is 18.6 Å². The zero-order chi connectivity index (χ0) is 30.5. The summed E-state index contributed by atoms with van der Waals surface area (Å²) in [6.45, 7) is 4.33. The number of halogens is 1. The first kappa shape index (κ1) is 30.3. The molecule has 0 saturated heterocycles. The number of hydrogen-bond acceptors (Lipinski definition) is 10. The van der Waals surface area contributed by atoms with Crippen LogP contribution in [0.5, 0.6) is 11.5 Å². The van der Waals surface area contributed by atoms with Crippen LogP contribution in [0.15, 0.2) is 74.7 Å². The minimum absolute atomic E-state index is 0.00523. The molecule has 2 aromatic carbocycles. The molecule has 0 saturated carbocycles. The molecule has 4 aromatic rings. The van der Waals surface area contributed by atoms with Gasteiger partial charge in [-0.3, -0.25) is 14.5 Å². The van der Waals surface area contributed by atoms with Gasteiger partial charge in [-0.05, 0) is 60.9 Å². The van der Waals surface area contributed by atoms with Crippen LogP contribution >= 0.6 is 23.1 Å². The monoisotopic (exact) mass is 623 g/mol. The van der Waals surface area contributed by atoms with Gasteiger partial charge in [0.25, 0.3) is 5.91 Å². The summed E-state index contributed by atoms with van der Waals surface area (Å²) >= 11 is 2.52. The van der Waals surface area contributed by atoms with Crippen molar-refractivity contribution >= 4 is 39.9 Å². The normalized spacial score (nSPS) is 14.9. The number of hydrogen-bond donors (Lipinski definition) is 1. The van der Waals surface area contributed by atoms with E-state index in [0.717, 1.165) is 36.2 Å². The fourth-order valence-electron chi connectivity index (χ4n) is 4.63. The van der Waals surface area contributed by atoms with Crippen LogP contribution in [0, 0.1) is 12.7 Å². The number of ketones is 1. The van der Waals surface area contributed by atoms with E-state index in [1.54, 1.807) is 43.3 Å². The summed E-state index contributed by atoms with van der Waals surface area (Å²) in [6, 6.07) is 13.4. The third-order valence-corrected chi connectivity index (χ3v) is 8.93. The predicted octanol–water partition coefficient (Wildman–Crippen LogP) is 7.23. The van der Waals surface area contributed by atoms with Gasteiger partial charge >= 0.3 is 0 Å². The van der Waals surface area contributed by atoms with Gasteiger partial charge in [0.2, 0.25) is 10.9 Å². The third kappa shape index (κ3) is 6.60. The fourth-order valence-corrected chi connectivity index (χ4v) is 6.45. The van der Waals surface area contributed by atoms with E-state index >= 15 is 0 Å². The number of methoxy groups -OCH3 is 1. The van der Waals surface area contributed by atoms with Crippen LogP contribution in [0.2, 0.25) is 0 Å². The average molecular weight is 624 g/mol. The van der Waals surface area contributed by atoms with Gasteiger partial charge in [-0.25, -0.2) is 4.39 Å². The lowest BCUT2D eigenvalue weighted by molar-refractivity contribution is -0.117. The maximum atomic E-state index is 13.7. The fraction of sp³-hybridized carbons (Fsp3) is 0.290. The molecule has 1 unspecified atom stereocenters. The van der Waals surface area contributed by atoms with Gasteiger partial charge in [0.15, 0.2) is 27.4 Å². The highest BCUT2D eigenvalue weighted by atomic mass is 32.2. The highest BCUT2D eigenvalue weighted by Gasteiger charge is 2.47. The van der Waals surface area contributed by atoms with E-state index in [-0.39, 0.29) is 22.3 Å². The quantitative estimate of drug-likeness (QED) is 0.0713. The molecule has 0 fully saturated rings. The summed E-state index contributed by atoms with van der Waals surface area (Å²) in [6.07, 6.45) is 2.99. The Morgan fingerprint density at radius 1 is 1.12 bits per heavy atom. The zero-order valence-electron chi connectivity index (χ0n) is 23.8. The van der Waals surface area contributed by atoms with Crippen molar-refractivity contribution in [2.24, 2.45) is 0 Å². The number of benzene rings is 2. The number of anilines is 1. The topological polar surface area (TPSA) is 115 Å². The van der Waals surface area contributed by atoms with Gasteiger partial charge in [-0.2, -0.15) is 0 Å². The minimum atomic E-state index is -1.05. The standard InChI is InChI=1S/C31H30FN3O6S2/c1-4-5-6-15-40-22-14-10-20(16-24(22)39-3)26-25(27(36)23-13-7-18(2)41-23)28(37)29(38)35(26)30-33-34-31(43-30)42-17-19-8-11-21(32)12-9-19/h7-14,16,26,37H,4-6,15,17H2,1-3H3. The number of aromatic nitrogens is 2. The van der Waals surface area contributed by atoms with Crippen molar-refractivity contribution in [1.29, 1.82) is 0 Å². The molecule has 0 aliphatic carbocycles. The number of carbonyl (C=O) groups excluding carboxylic acids is 2. The second kappa shape index (κ2) is 13.4. The van der Waals surface area contributed by atoms with E-state index in [0.29, 0.717) is 39.5 Å². The molecule has 224 valence electrons. The Kier molecular flexibility index (Phi) is 9.46. The Morgan fingerprint density at radius 3 is 2.60 bits per heavy atom. The number of ether oxygens (including phenoxy) is 2. The number of nitrogens with zero attached hydrogens (tertiary/aromatic N) is 3. The van der Waals surface area contributed by atoms with E-state index in [9.17, 15) is 19.1 Å². The maximum absolute atomic E-state index is 13.7. The molecule has 1 aliphatic heterocycles. The molecular formula is C31H30FN3O6S2. The molecule has 12 heteroatoms. The van der Waals surface area contributed by atoms with Crippen molar-refractivity contribution in [1.82, 2.24) is 10.2 Å². The van der Waals surface area contributed by atoms with Gasteiger partial charge < -0.3 is 19.0 Å². The number of aliphatic hydroxyl groups is 1. The molecule has 1 N–H and O–H groups in total. The highest BCUT2D eigenvalue weighted by Crippen LogP contribution is 2.45. The Hall–Kier alpha value is -4.16. The molecular weight excluding hydrogens is 593 g/mol. The lowest BCUT2D eigenvalue weighted by Gasteiger charge is -2.24. The number of thioether (sulfide) groups is 1. The number of amides is 1. The second-order valence-corrected chi connectivity index (χ2v) is 12.0. The lowest BCUT2D eigenvalue weighted by Crippen LogP contribution is -2.31. The Morgan fingerprint density at radius 2 is 1.91 bits per heavy atom. The van der Waals surface area contributed by atoms with Crippen LogP contribution in [0.4, 0.5) is 9.52 Å². The largest absolute Gasteiger partial charge is 0.503 e.